The Morgan fingerprint density at radius 2 is 1.97 bits per heavy atom. The van der Waals surface area contributed by atoms with E-state index in [1.54, 1.807) is 10.7 Å². The minimum atomic E-state index is -0.103. The van der Waals surface area contributed by atoms with Crippen LogP contribution in [0.3, 0.4) is 0 Å². The molecule has 1 amide bonds. The van der Waals surface area contributed by atoms with Crippen molar-refractivity contribution in [1.29, 1.82) is 0 Å². The number of hydrogen-bond acceptors (Lipinski definition) is 6. The van der Waals surface area contributed by atoms with Crippen molar-refractivity contribution in [2.24, 2.45) is 7.05 Å². The predicted molar refractivity (Wildman–Crippen MR) is 137 cm³/mol. The quantitative estimate of drug-likeness (QED) is 0.511. The number of piperidine rings is 1. The van der Waals surface area contributed by atoms with Gasteiger partial charge in [0.15, 0.2) is 11.3 Å². The Hall–Kier alpha value is -2.42. The molecular weight excluding hydrogens is 473 g/mol. The van der Waals surface area contributed by atoms with E-state index in [9.17, 15) is 4.79 Å². The van der Waals surface area contributed by atoms with Crippen LogP contribution in [0.15, 0.2) is 24.4 Å². The van der Waals surface area contributed by atoms with Gasteiger partial charge < -0.3 is 15.1 Å². The first-order valence-electron chi connectivity index (χ1n) is 11.6. The van der Waals surface area contributed by atoms with E-state index in [-0.39, 0.29) is 17.9 Å². The number of nitrogens with zero attached hydrogens (tertiary/aromatic N) is 6. The predicted octanol–water partition coefficient (Wildman–Crippen LogP) is 4.50. The highest BCUT2D eigenvalue weighted by Crippen LogP contribution is 2.32. The molecule has 1 aromatic carbocycles. The third-order valence-electron chi connectivity index (χ3n) is 6.26. The summed E-state index contributed by atoms with van der Waals surface area (Å²) in [6.45, 7) is 4.25. The summed E-state index contributed by atoms with van der Waals surface area (Å²) in [5.41, 5.74) is 2.45. The molecule has 1 atom stereocenters. The molecule has 4 rings (SSSR count). The van der Waals surface area contributed by atoms with Crippen molar-refractivity contribution in [3.63, 3.8) is 0 Å². The summed E-state index contributed by atoms with van der Waals surface area (Å²) in [6, 6.07) is 5.39. The van der Waals surface area contributed by atoms with E-state index in [0.29, 0.717) is 22.3 Å². The second kappa shape index (κ2) is 10.5. The van der Waals surface area contributed by atoms with Gasteiger partial charge in [0.2, 0.25) is 5.91 Å². The lowest BCUT2D eigenvalue weighted by molar-refractivity contribution is -0.132. The number of benzene rings is 1. The minimum Gasteiger partial charge on any atom is -0.362 e. The normalized spacial score (nSPS) is 15.8. The zero-order valence-electron chi connectivity index (χ0n) is 20.1. The molecule has 34 heavy (non-hydrogen) atoms. The number of aryl methyl sites for hydroxylation is 1. The highest BCUT2D eigenvalue weighted by Gasteiger charge is 2.27. The molecule has 182 valence electrons. The number of amides is 1. The van der Waals surface area contributed by atoms with E-state index >= 15 is 0 Å². The summed E-state index contributed by atoms with van der Waals surface area (Å²) in [5, 5.41) is 9.26. The number of nitrogens with one attached hydrogen (secondary N) is 1. The Morgan fingerprint density at radius 1 is 1.24 bits per heavy atom. The van der Waals surface area contributed by atoms with E-state index in [1.807, 2.05) is 56.2 Å². The topological polar surface area (TPSA) is 79.2 Å². The molecule has 0 saturated carbocycles. The van der Waals surface area contributed by atoms with E-state index in [4.69, 9.17) is 33.2 Å². The van der Waals surface area contributed by atoms with Crippen LogP contribution in [0.4, 0.5) is 5.82 Å². The molecule has 0 radical (unpaired) electrons. The molecule has 1 aliphatic heterocycles. The van der Waals surface area contributed by atoms with Crippen molar-refractivity contribution in [2.75, 3.05) is 39.0 Å². The van der Waals surface area contributed by atoms with Crippen LogP contribution in [0.25, 0.3) is 11.0 Å². The van der Waals surface area contributed by atoms with E-state index in [2.05, 4.69) is 10.4 Å². The van der Waals surface area contributed by atoms with E-state index < -0.39 is 0 Å². The molecule has 0 bridgehead atoms. The number of carbonyl (C=O) groups is 1. The highest BCUT2D eigenvalue weighted by molar-refractivity contribution is 6.35. The third kappa shape index (κ3) is 5.62. The van der Waals surface area contributed by atoms with Gasteiger partial charge in [0.1, 0.15) is 11.3 Å². The molecule has 3 heterocycles. The van der Waals surface area contributed by atoms with Gasteiger partial charge >= 0.3 is 0 Å². The average Bonchev–Trinajstić information content (AvgIpc) is 3.18. The number of rotatable bonds is 7. The van der Waals surface area contributed by atoms with Crippen molar-refractivity contribution in [3.05, 3.63) is 45.8 Å². The monoisotopic (exact) mass is 503 g/mol. The van der Waals surface area contributed by atoms with Crippen LogP contribution in [0.2, 0.25) is 10.0 Å². The summed E-state index contributed by atoms with van der Waals surface area (Å²) >= 11 is 12.5. The van der Waals surface area contributed by atoms with Gasteiger partial charge in [-0.25, -0.2) is 9.97 Å². The van der Waals surface area contributed by atoms with Crippen LogP contribution in [-0.2, 0) is 11.8 Å². The molecule has 8 nitrogen and oxygen atoms in total. The first-order chi connectivity index (χ1) is 16.2. The molecule has 1 fully saturated rings. The summed E-state index contributed by atoms with van der Waals surface area (Å²) in [6.07, 6.45) is 4.15. The Kier molecular flexibility index (Phi) is 7.60. The Balaban J connectivity index is 1.53. The van der Waals surface area contributed by atoms with Gasteiger partial charge in [-0.3, -0.25) is 9.48 Å². The van der Waals surface area contributed by atoms with E-state index in [1.165, 1.54) is 0 Å². The van der Waals surface area contributed by atoms with Crippen molar-refractivity contribution >= 4 is 46.0 Å². The lowest BCUT2D eigenvalue weighted by atomic mass is 9.95. The molecule has 1 aliphatic rings. The molecule has 3 aromatic rings. The van der Waals surface area contributed by atoms with Gasteiger partial charge in [0.25, 0.3) is 0 Å². The first kappa shape index (κ1) is 24.7. The molecule has 0 unspecified atom stereocenters. The summed E-state index contributed by atoms with van der Waals surface area (Å²) in [7, 11) is 5.85. The van der Waals surface area contributed by atoms with Gasteiger partial charge in [-0.1, -0.05) is 29.3 Å². The first-order valence-corrected chi connectivity index (χ1v) is 12.3. The van der Waals surface area contributed by atoms with Crippen molar-refractivity contribution in [3.8, 4) is 0 Å². The number of carbonyl (C=O) groups excluding carboxylic acids is 1. The SMILES string of the molecule is C[C@@H](Nc1nc(C2CCN(C(=O)CCN(C)C)CC2)nc2cn(C)nc12)c1ccc(Cl)cc1Cl. The minimum absolute atomic E-state index is 0.103. The second-order valence-electron chi connectivity index (χ2n) is 9.21. The van der Waals surface area contributed by atoms with Crippen LogP contribution >= 0.6 is 23.2 Å². The van der Waals surface area contributed by atoms with Crippen LogP contribution in [0, 0.1) is 0 Å². The summed E-state index contributed by atoms with van der Waals surface area (Å²) in [5.74, 6) is 1.88. The van der Waals surface area contributed by atoms with Gasteiger partial charge in [-0.2, -0.15) is 5.10 Å². The lowest BCUT2D eigenvalue weighted by Crippen LogP contribution is -2.39. The molecule has 1 N–H and O–H groups in total. The van der Waals surface area contributed by atoms with Gasteiger partial charge in [0, 0.05) is 49.1 Å². The smallest absolute Gasteiger partial charge is 0.223 e. The van der Waals surface area contributed by atoms with Crippen molar-refractivity contribution in [2.45, 2.75) is 38.1 Å². The number of anilines is 1. The summed E-state index contributed by atoms with van der Waals surface area (Å²) in [4.78, 5) is 26.2. The number of fused-ring (bicyclic) bond motifs is 1. The van der Waals surface area contributed by atoms with E-state index in [0.717, 1.165) is 54.9 Å². The van der Waals surface area contributed by atoms with Gasteiger partial charge in [0.05, 0.1) is 12.2 Å². The Bertz CT molecular complexity index is 1170. The van der Waals surface area contributed by atoms with Crippen LogP contribution < -0.4 is 5.32 Å². The number of hydrogen-bond donors (Lipinski definition) is 1. The van der Waals surface area contributed by atoms with Gasteiger partial charge in [-0.05, 0) is 51.6 Å². The number of halogens is 2. The fraction of sp³-hybridized carbons (Fsp3) is 0.500. The maximum Gasteiger partial charge on any atom is 0.223 e. The van der Waals surface area contributed by atoms with Crippen molar-refractivity contribution < 1.29 is 4.79 Å². The summed E-state index contributed by atoms with van der Waals surface area (Å²) < 4.78 is 1.75. The Morgan fingerprint density at radius 3 is 2.65 bits per heavy atom. The lowest BCUT2D eigenvalue weighted by Gasteiger charge is -2.32. The standard InChI is InChI=1S/C24H31Cl2N7O/c1-15(18-6-5-17(25)13-19(18)26)27-24-22-20(14-32(4)30-22)28-23(29-24)16-7-11-33(12-8-16)21(34)9-10-31(2)3/h5-6,13-16H,7-12H2,1-4H3,(H,27,28,29)/t15-/m1/s1. The fourth-order valence-corrected chi connectivity index (χ4v) is 4.90. The largest absolute Gasteiger partial charge is 0.362 e. The number of likely N-dealkylation sites (tertiary alicyclic amines) is 1. The maximum absolute atomic E-state index is 12.5. The second-order valence-corrected chi connectivity index (χ2v) is 10.1. The van der Waals surface area contributed by atoms with Crippen LogP contribution in [-0.4, -0.2) is 69.2 Å². The fourth-order valence-electron chi connectivity index (χ4n) is 4.33. The molecular formula is C24H31Cl2N7O. The van der Waals surface area contributed by atoms with Crippen LogP contribution in [0.5, 0.6) is 0 Å². The van der Waals surface area contributed by atoms with Crippen molar-refractivity contribution in [1.82, 2.24) is 29.5 Å². The molecule has 0 spiro atoms. The third-order valence-corrected chi connectivity index (χ3v) is 6.83. The highest BCUT2D eigenvalue weighted by atomic mass is 35.5. The average molecular weight is 504 g/mol. The molecule has 0 aliphatic carbocycles. The van der Waals surface area contributed by atoms with Gasteiger partial charge in [-0.15, -0.1) is 0 Å². The zero-order valence-corrected chi connectivity index (χ0v) is 21.6. The molecule has 10 heteroatoms. The molecule has 1 saturated heterocycles. The number of aromatic nitrogens is 4. The van der Waals surface area contributed by atoms with Crippen LogP contribution in [0.1, 0.15) is 49.5 Å². The zero-order chi connectivity index (χ0) is 24.4. The Labute approximate surface area is 210 Å². The molecule has 2 aromatic heterocycles. The maximum atomic E-state index is 12.5.